The van der Waals surface area contributed by atoms with Gasteiger partial charge in [-0.25, -0.2) is 4.68 Å². The van der Waals surface area contributed by atoms with Gasteiger partial charge in [0.1, 0.15) is 5.82 Å². The smallest absolute Gasteiger partial charge is 0.256 e. The molecule has 0 saturated heterocycles. The Morgan fingerprint density at radius 3 is 2.48 bits per heavy atom. The number of rotatable bonds is 7. The Kier molecular flexibility index (Phi) is 7.72. The number of aryl methyl sites for hydroxylation is 1. The van der Waals surface area contributed by atoms with Crippen LogP contribution in [0.3, 0.4) is 0 Å². The summed E-state index contributed by atoms with van der Waals surface area (Å²) in [6.45, 7) is 10.4. The van der Waals surface area contributed by atoms with E-state index in [1.165, 1.54) is 4.90 Å². The molecule has 0 radical (unpaired) electrons. The monoisotopic (exact) mass is 438 g/mol. The standard InChI is InChI=1S/C21H28Cl2N4O2/c1-6-10-26(20(29)19(22)23)13-18(28)24-17-12-16(21(3,4)5)25-27(17)15-9-7-8-14(2)11-15/h7-9,11-12,19H,6,10,13H2,1-5H3,(H,24,28). The molecule has 1 heterocycles. The van der Waals surface area contributed by atoms with E-state index in [4.69, 9.17) is 28.3 Å². The van der Waals surface area contributed by atoms with Crippen molar-refractivity contribution in [3.05, 3.63) is 41.6 Å². The number of carbonyl (C=O) groups is 2. The van der Waals surface area contributed by atoms with Crippen LogP contribution < -0.4 is 5.32 Å². The van der Waals surface area contributed by atoms with E-state index in [9.17, 15) is 9.59 Å². The first-order valence-corrected chi connectivity index (χ1v) is 10.4. The third-order valence-electron chi connectivity index (χ3n) is 4.32. The Hall–Kier alpha value is -2.05. The van der Waals surface area contributed by atoms with Gasteiger partial charge in [-0.3, -0.25) is 9.59 Å². The summed E-state index contributed by atoms with van der Waals surface area (Å²) in [4.78, 5) is 25.0. The minimum atomic E-state index is -1.19. The number of benzene rings is 1. The zero-order chi connectivity index (χ0) is 21.8. The van der Waals surface area contributed by atoms with Gasteiger partial charge in [0, 0.05) is 18.0 Å². The summed E-state index contributed by atoms with van der Waals surface area (Å²) in [7, 11) is 0. The predicted molar refractivity (Wildman–Crippen MR) is 118 cm³/mol. The van der Waals surface area contributed by atoms with Crippen LogP contribution in [-0.4, -0.2) is 44.4 Å². The lowest BCUT2D eigenvalue weighted by Crippen LogP contribution is -2.41. The average Bonchev–Trinajstić information content (AvgIpc) is 3.04. The first-order valence-electron chi connectivity index (χ1n) is 9.57. The lowest BCUT2D eigenvalue weighted by molar-refractivity contribution is -0.133. The molecule has 0 aliphatic carbocycles. The van der Waals surface area contributed by atoms with E-state index in [0.717, 1.165) is 16.9 Å². The molecule has 29 heavy (non-hydrogen) atoms. The van der Waals surface area contributed by atoms with Crippen molar-refractivity contribution in [2.75, 3.05) is 18.4 Å². The molecule has 1 aromatic carbocycles. The summed E-state index contributed by atoms with van der Waals surface area (Å²) in [6, 6.07) is 9.72. The van der Waals surface area contributed by atoms with Crippen molar-refractivity contribution in [3.63, 3.8) is 0 Å². The zero-order valence-corrected chi connectivity index (χ0v) is 19.0. The molecule has 0 fully saturated rings. The number of alkyl halides is 2. The van der Waals surface area contributed by atoms with E-state index in [-0.39, 0.29) is 17.9 Å². The lowest BCUT2D eigenvalue weighted by Gasteiger charge is -2.22. The summed E-state index contributed by atoms with van der Waals surface area (Å²) in [5.74, 6) is -0.273. The molecule has 0 unspecified atom stereocenters. The Bertz CT molecular complexity index is 872. The van der Waals surface area contributed by atoms with Crippen LogP contribution >= 0.6 is 23.2 Å². The highest BCUT2D eigenvalue weighted by Gasteiger charge is 2.24. The van der Waals surface area contributed by atoms with E-state index in [1.54, 1.807) is 4.68 Å². The maximum atomic E-state index is 12.7. The number of halogens is 2. The number of carbonyl (C=O) groups excluding carboxylic acids is 2. The van der Waals surface area contributed by atoms with Crippen LogP contribution in [0, 0.1) is 6.92 Å². The third-order valence-corrected chi connectivity index (χ3v) is 4.69. The number of hydrogen-bond donors (Lipinski definition) is 1. The van der Waals surface area contributed by atoms with Crippen LogP contribution in [-0.2, 0) is 15.0 Å². The zero-order valence-electron chi connectivity index (χ0n) is 17.5. The number of aromatic nitrogens is 2. The lowest BCUT2D eigenvalue weighted by atomic mass is 9.92. The van der Waals surface area contributed by atoms with Crippen LogP contribution in [0.25, 0.3) is 5.69 Å². The third kappa shape index (κ3) is 6.21. The SMILES string of the molecule is CCCN(CC(=O)Nc1cc(C(C)(C)C)nn1-c1cccc(C)c1)C(=O)C(Cl)Cl. The summed E-state index contributed by atoms with van der Waals surface area (Å²) < 4.78 is 1.71. The second-order valence-electron chi connectivity index (χ2n) is 8.02. The van der Waals surface area contributed by atoms with Gasteiger partial charge in [0.15, 0.2) is 4.84 Å². The van der Waals surface area contributed by atoms with Gasteiger partial charge in [-0.15, -0.1) is 0 Å². The number of amides is 2. The van der Waals surface area contributed by atoms with E-state index >= 15 is 0 Å². The highest BCUT2D eigenvalue weighted by atomic mass is 35.5. The van der Waals surface area contributed by atoms with Crippen LogP contribution in [0.15, 0.2) is 30.3 Å². The van der Waals surface area contributed by atoms with Crippen molar-refractivity contribution in [3.8, 4) is 5.69 Å². The fraction of sp³-hybridized carbons (Fsp3) is 0.476. The van der Waals surface area contributed by atoms with E-state index < -0.39 is 10.7 Å². The molecule has 0 aliphatic rings. The molecular formula is C21H28Cl2N4O2. The molecule has 2 aromatic rings. The van der Waals surface area contributed by atoms with Gasteiger partial charge in [-0.2, -0.15) is 5.10 Å². The Balaban J connectivity index is 2.32. The topological polar surface area (TPSA) is 67.2 Å². The molecule has 6 nitrogen and oxygen atoms in total. The average molecular weight is 439 g/mol. The first-order chi connectivity index (χ1) is 13.5. The molecule has 0 bridgehead atoms. The quantitative estimate of drug-likeness (QED) is 0.648. The minimum Gasteiger partial charge on any atom is -0.331 e. The molecule has 1 aromatic heterocycles. The molecule has 8 heteroatoms. The van der Waals surface area contributed by atoms with Gasteiger partial charge < -0.3 is 10.2 Å². The molecule has 1 N–H and O–H groups in total. The van der Waals surface area contributed by atoms with Gasteiger partial charge in [-0.05, 0) is 31.0 Å². The van der Waals surface area contributed by atoms with Gasteiger partial charge in [0.25, 0.3) is 5.91 Å². The van der Waals surface area contributed by atoms with Crippen molar-refractivity contribution >= 4 is 40.8 Å². The fourth-order valence-corrected chi connectivity index (χ4v) is 3.10. The van der Waals surface area contributed by atoms with Crippen molar-refractivity contribution in [1.29, 1.82) is 0 Å². The van der Waals surface area contributed by atoms with Gasteiger partial charge >= 0.3 is 0 Å². The summed E-state index contributed by atoms with van der Waals surface area (Å²) >= 11 is 11.4. The molecule has 0 atom stereocenters. The molecule has 0 aliphatic heterocycles. The van der Waals surface area contributed by atoms with E-state index in [2.05, 4.69) is 26.1 Å². The molecular weight excluding hydrogens is 411 g/mol. The van der Waals surface area contributed by atoms with Crippen LogP contribution in [0.4, 0.5) is 5.82 Å². The molecule has 2 rings (SSSR count). The largest absolute Gasteiger partial charge is 0.331 e. The van der Waals surface area contributed by atoms with Crippen LogP contribution in [0.2, 0.25) is 0 Å². The number of hydrogen-bond acceptors (Lipinski definition) is 3. The Morgan fingerprint density at radius 2 is 1.93 bits per heavy atom. The Morgan fingerprint density at radius 1 is 1.24 bits per heavy atom. The van der Waals surface area contributed by atoms with Crippen molar-refractivity contribution in [2.45, 2.75) is 51.3 Å². The van der Waals surface area contributed by atoms with Crippen molar-refractivity contribution in [1.82, 2.24) is 14.7 Å². The molecule has 0 saturated carbocycles. The Labute approximate surface area is 182 Å². The summed E-state index contributed by atoms with van der Waals surface area (Å²) in [6.07, 6.45) is 0.689. The van der Waals surface area contributed by atoms with E-state index in [1.807, 2.05) is 44.2 Å². The number of nitrogens with one attached hydrogen (secondary N) is 1. The minimum absolute atomic E-state index is 0.132. The first kappa shape index (κ1) is 23.2. The molecule has 158 valence electrons. The normalized spacial score (nSPS) is 11.6. The van der Waals surface area contributed by atoms with E-state index in [0.29, 0.717) is 18.8 Å². The van der Waals surface area contributed by atoms with Gasteiger partial charge in [0.2, 0.25) is 5.91 Å². The van der Waals surface area contributed by atoms with Gasteiger partial charge in [0.05, 0.1) is 17.9 Å². The second-order valence-corrected chi connectivity index (χ2v) is 9.12. The summed E-state index contributed by atoms with van der Waals surface area (Å²) in [5, 5.41) is 7.59. The predicted octanol–water partition coefficient (Wildman–Crippen LogP) is 4.46. The molecule has 2 amide bonds. The summed E-state index contributed by atoms with van der Waals surface area (Å²) in [5.41, 5.74) is 2.59. The maximum Gasteiger partial charge on any atom is 0.256 e. The van der Waals surface area contributed by atoms with Crippen LogP contribution in [0.1, 0.15) is 45.4 Å². The van der Waals surface area contributed by atoms with Gasteiger partial charge in [-0.1, -0.05) is 63.0 Å². The van der Waals surface area contributed by atoms with Crippen LogP contribution in [0.5, 0.6) is 0 Å². The second kappa shape index (κ2) is 9.63. The highest BCUT2D eigenvalue weighted by Crippen LogP contribution is 2.26. The van der Waals surface area contributed by atoms with Crippen molar-refractivity contribution in [2.24, 2.45) is 0 Å². The maximum absolute atomic E-state index is 12.7. The number of nitrogens with zero attached hydrogens (tertiary/aromatic N) is 3. The number of anilines is 1. The molecule has 0 spiro atoms. The highest BCUT2D eigenvalue weighted by molar-refractivity contribution is 6.53. The fourth-order valence-electron chi connectivity index (χ4n) is 2.82. The van der Waals surface area contributed by atoms with Crippen molar-refractivity contribution < 1.29 is 9.59 Å².